The number of hydrogen-bond donors (Lipinski definition) is 0. The molecule has 4 atom stereocenters. The summed E-state index contributed by atoms with van der Waals surface area (Å²) in [5, 5.41) is 0. The van der Waals surface area contributed by atoms with Crippen LogP contribution in [0, 0.1) is 23.7 Å². The van der Waals surface area contributed by atoms with Crippen LogP contribution in [0.3, 0.4) is 0 Å². The highest BCUT2D eigenvalue weighted by Crippen LogP contribution is 2.39. The van der Waals surface area contributed by atoms with Gasteiger partial charge in [-0.1, -0.05) is 48.6 Å². The number of allylic oxidation sites excluding steroid dienone is 4. The van der Waals surface area contributed by atoms with Gasteiger partial charge in [0.05, 0.1) is 35.0 Å². The summed E-state index contributed by atoms with van der Waals surface area (Å²) in [4.78, 5) is 53.9. The van der Waals surface area contributed by atoms with E-state index in [0.717, 1.165) is 11.1 Å². The van der Waals surface area contributed by atoms with E-state index in [1.807, 2.05) is 72.8 Å². The van der Waals surface area contributed by atoms with Crippen LogP contribution in [-0.2, 0) is 25.6 Å². The number of fused-ring (bicyclic) bond motifs is 2. The molecule has 0 aromatic heterocycles. The van der Waals surface area contributed by atoms with Gasteiger partial charge in [0.25, 0.3) is 0 Å². The lowest BCUT2D eigenvalue weighted by Gasteiger charge is -2.16. The predicted molar refractivity (Wildman–Crippen MR) is 131 cm³/mol. The average Bonchev–Trinajstić information content (AvgIpc) is 3.30. The van der Waals surface area contributed by atoms with Gasteiger partial charge in [-0.2, -0.15) is 0 Å². The van der Waals surface area contributed by atoms with Gasteiger partial charge in [-0.25, -0.2) is 0 Å². The van der Waals surface area contributed by atoms with Crippen LogP contribution in [-0.4, -0.2) is 23.6 Å². The van der Waals surface area contributed by atoms with Crippen LogP contribution < -0.4 is 9.80 Å². The quantitative estimate of drug-likeness (QED) is 0.500. The van der Waals surface area contributed by atoms with E-state index >= 15 is 0 Å². The molecule has 2 aromatic carbocycles. The van der Waals surface area contributed by atoms with E-state index in [-0.39, 0.29) is 47.3 Å². The summed E-state index contributed by atoms with van der Waals surface area (Å²) in [5.41, 5.74) is 3.33. The van der Waals surface area contributed by atoms with Crippen LogP contribution in [0.25, 0.3) is 0 Å². The van der Waals surface area contributed by atoms with Gasteiger partial charge in [-0.05, 0) is 67.5 Å². The molecular formula is C29H26N2O4. The Morgan fingerprint density at radius 2 is 0.771 bits per heavy atom. The fourth-order valence-electron chi connectivity index (χ4n) is 5.87. The van der Waals surface area contributed by atoms with Crippen LogP contribution >= 0.6 is 0 Å². The topological polar surface area (TPSA) is 74.8 Å². The maximum absolute atomic E-state index is 12.8. The summed E-state index contributed by atoms with van der Waals surface area (Å²) in [6.45, 7) is 0. The molecular weight excluding hydrogens is 440 g/mol. The second-order valence-electron chi connectivity index (χ2n) is 9.85. The average molecular weight is 467 g/mol. The largest absolute Gasteiger partial charge is 0.274 e. The molecule has 0 saturated carbocycles. The SMILES string of the molecule is O=C1[C@H]2CC=CC[C@H]2C(=O)N1c1ccc(Cc2ccc(N3C(=O)[C@H]4CC=CC[C@H]4C3=O)cc2)cc1. The van der Waals surface area contributed by atoms with Gasteiger partial charge in [0.15, 0.2) is 0 Å². The first-order chi connectivity index (χ1) is 17.0. The highest BCUT2D eigenvalue weighted by molar-refractivity contribution is 6.23. The van der Waals surface area contributed by atoms with Crippen molar-refractivity contribution in [1.82, 2.24) is 0 Å². The molecule has 0 radical (unpaired) electrons. The van der Waals surface area contributed by atoms with Gasteiger partial charge >= 0.3 is 0 Å². The van der Waals surface area contributed by atoms with Crippen molar-refractivity contribution in [2.75, 3.05) is 9.80 Å². The highest BCUT2D eigenvalue weighted by Gasteiger charge is 2.48. The molecule has 0 unspecified atom stereocenters. The molecule has 35 heavy (non-hydrogen) atoms. The Balaban J connectivity index is 1.15. The van der Waals surface area contributed by atoms with Crippen LogP contribution in [0.4, 0.5) is 11.4 Å². The van der Waals surface area contributed by atoms with E-state index in [4.69, 9.17) is 0 Å². The molecule has 2 aliphatic carbocycles. The monoisotopic (exact) mass is 466 g/mol. The molecule has 6 nitrogen and oxygen atoms in total. The Kier molecular flexibility index (Phi) is 5.24. The van der Waals surface area contributed by atoms with Crippen molar-refractivity contribution in [2.45, 2.75) is 32.1 Å². The van der Waals surface area contributed by atoms with E-state index in [1.165, 1.54) is 9.80 Å². The molecule has 6 rings (SSSR count). The van der Waals surface area contributed by atoms with E-state index in [1.54, 1.807) is 0 Å². The predicted octanol–water partition coefficient (Wildman–Crippen LogP) is 4.19. The van der Waals surface area contributed by atoms with Gasteiger partial charge in [-0.15, -0.1) is 0 Å². The second-order valence-corrected chi connectivity index (χ2v) is 9.85. The molecule has 0 N–H and O–H groups in total. The normalized spacial score (nSPS) is 27.5. The lowest BCUT2D eigenvalue weighted by molar-refractivity contribution is -0.124. The zero-order valence-electron chi connectivity index (χ0n) is 19.3. The summed E-state index contributed by atoms with van der Waals surface area (Å²) in [5.74, 6) is -1.35. The van der Waals surface area contributed by atoms with E-state index in [9.17, 15) is 19.2 Å². The molecule has 0 bridgehead atoms. The first-order valence-electron chi connectivity index (χ1n) is 12.3. The van der Waals surface area contributed by atoms with Crippen molar-refractivity contribution >= 4 is 35.0 Å². The number of imide groups is 2. The number of hydrogen-bond acceptors (Lipinski definition) is 4. The Bertz CT molecular complexity index is 1120. The Hall–Kier alpha value is -3.80. The summed E-state index contributed by atoms with van der Waals surface area (Å²) in [6, 6.07) is 15.1. The zero-order chi connectivity index (χ0) is 24.1. The molecule has 4 aliphatic rings. The van der Waals surface area contributed by atoms with E-state index in [2.05, 4.69) is 0 Å². The third-order valence-corrected chi connectivity index (χ3v) is 7.81. The molecule has 2 aromatic rings. The molecule has 176 valence electrons. The van der Waals surface area contributed by atoms with Crippen LogP contribution in [0.15, 0.2) is 72.8 Å². The molecule has 2 fully saturated rings. The van der Waals surface area contributed by atoms with Crippen molar-refractivity contribution < 1.29 is 19.2 Å². The smallest absolute Gasteiger partial charge is 0.238 e. The lowest BCUT2D eigenvalue weighted by atomic mass is 9.85. The van der Waals surface area contributed by atoms with Gasteiger partial charge < -0.3 is 0 Å². The standard InChI is InChI=1S/C29H26N2O4/c32-26-22-5-1-2-6-23(22)27(33)30(26)20-13-9-18(10-14-20)17-19-11-15-21(16-12-19)31-28(34)24-7-3-4-8-25(24)29(31)35/h1-4,9-16,22-25H,5-8,17H2/t22-,23+,24-,25+. The molecule has 2 aliphatic heterocycles. The van der Waals surface area contributed by atoms with Crippen molar-refractivity contribution in [1.29, 1.82) is 0 Å². The van der Waals surface area contributed by atoms with E-state index < -0.39 is 0 Å². The Morgan fingerprint density at radius 1 is 0.486 bits per heavy atom. The van der Waals surface area contributed by atoms with Crippen molar-refractivity contribution in [3.8, 4) is 0 Å². The summed E-state index contributed by atoms with van der Waals surface area (Å²) in [7, 11) is 0. The van der Waals surface area contributed by atoms with Crippen molar-refractivity contribution in [3.05, 3.63) is 84.0 Å². The van der Waals surface area contributed by atoms with Gasteiger partial charge in [0.1, 0.15) is 0 Å². The molecule has 0 spiro atoms. The van der Waals surface area contributed by atoms with E-state index in [0.29, 0.717) is 43.5 Å². The zero-order valence-corrected chi connectivity index (χ0v) is 19.3. The minimum absolute atomic E-state index is 0.102. The number of carbonyl (C=O) groups is 4. The summed E-state index contributed by atoms with van der Waals surface area (Å²) < 4.78 is 0. The molecule has 6 heteroatoms. The fraction of sp³-hybridized carbons (Fsp3) is 0.310. The van der Waals surface area contributed by atoms with Gasteiger partial charge in [0, 0.05) is 0 Å². The first-order valence-corrected chi connectivity index (χ1v) is 12.3. The number of anilines is 2. The number of rotatable bonds is 4. The lowest BCUT2D eigenvalue weighted by Crippen LogP contribution is -2.30. The third kappa shape index (κ3) is 3.55. The van der Waals surface area contributed by atoms with Crippen LogP contribution in [0.2, 0.25) is 0 Å². The number of amides is 4. The third-order valence-electron chi connectivity index (χ3n) is 7.81. The van der Waals surface area contributed by atoms with Crippen molar-refractivity contribution in [3.63, 3.8) is 0 Å². The molecule has 2 saturated heterocycles. The number of benzene rings is 2. The maximum Gasteiger partial charge on any atom is 0.238 e. The number of carbonyl (C=O) groups excluding carboxylic acids is 4. The van der Waals surface area contributed by atoms with Crippen LogP contribution in [0.5, 0.6) is 0 Å². The van der Waals surface area contributed by atoms with Crippen molar-refractivity contribution in [2.24, 2.45) is 23.7 Å². The fourth-order valence-corrected chi connectivity index (χ4v) is 5.87. The molecule has 2 heterocycles. The second kappa shape index (κ2) is 8.45. The Labute approximate surface area is 203 Å². The van der Waals surface area contributed by atoms with Gasteiger partial charge in [-0.3, -0.25) is 29.0 Å². The summed E-state index contributed by atoms with van der Waals surface area (Å²) >= 11 is 0. The first kappa shape index (κ1) is 21.7. The minimum Gasteiger partial charge on any atom is -0.274 e. The highest BCUT2D eigenvalue weighted by atomic mass is 16.2. The number of nitrogens with zero attached hydrogens (tertiary/aromatic N) is 2. The minimum atomic E-state index is -0.236. The maximum atomic E-state index is 12.8. The van der Waals surface area contributed by atoms with Crippen LogP contribution in [0.1, 0.15) is 36.8 Å². The van der Waals surface area contributed by atoms with Gasteiger partial charge in [0.2, 0.25) is 23.6 Å². The summed E-state index contributed by atoms with van der Waals surface area (Å²) in [6.07, 6.45) is 11.1. The Morgan fingerprint density at radius 3 is 1.06 bits per heavy atom. The molecule has 4 amide bonds.